The molecule has 0 amide bonds. The summed E-state index contributed by atoms with van der Waals surface area (Å²) >= 11 is 6.43. The molecule has 6 heteroatoms. The van der Waals surface area contributed by atoms with E-state index in [4.69, 9.17) is 21.1 Å². The molecule has 5 nitrogen and oxygen atoms in total. The van der Waals surface area contributed by atoms with Crippen LogP contribution in [0.25, 0.3) is 0 Å². The summed E-state index contributed by atoms with van der Waals surface area (Å²) < 4.78 is 11.0. The number of carbonyl (C=O) groups excluding carboxylic acids is 1. The first-order chi connectivity index (χ1) is 13.0. The smallest absolute Gasteiger partial charge is 0.124 e. The second kappa shape index (κ2) is 6.82. The van der Waals surface area contributed by atoms with Gasteiger partial charge >= 0.3 is 0 Å². The molecule has 27 heavy (non-hydrogen) atoms. The Bertz CT molecular complexity index is 940. The van der Waals surface area contributed by atoms with Crippen molar-refractivity contribution >= 4 is 23.3 Å². The highest BCUT2D eigenvalue weighted by atomic mass is 35.5. The van der Waals surface area contributed by atoms with E-state index in [9.17, 15) is 9.90 Å². The average molecular weight is 385 g/mol. The van der Waals surface area contributed by atoms with E-state index in [1.807, 2.05) is 18.2 Å². The van der Waals surface area contributed by atoms with Gasteiger partial charge in [0.25, 0.3) is 0 Å². The second-order valence-corrected chi connectivity index (χ2v) is 7.20. The Morgan fingerprint density at radius 1 is 1.19 bits per heavy atom. The maximum Gasteiger partial charge on any atom is 0.124 e. The van der Waals surface area contributed by atoms with Crippen molar-refractivity contribution in [2.75, 3.05) is 19.5 Å². The van der Waals surface area contributed by atoms with Crippen LogP contribution >= 0.6 is 11.6 Å². The highest BCUT2D eigenvalue weighted by molar-refractivity contribution is 6.33. The third kappa shape index (κ3) is 2.92. The standard InChI is InChI=1S/C21H20ClNO4/c1-26-12-6-7-18(27-2)16(10-12)19-14-5-3-4-13(14)15-8-11(21(24)25)9-17(22)20(15)23-19/h3-4,6-10,13-14,19,23H,5H2,1-2H3,(H,24,25)/p-1/t13-,14+,19-/m1/s1. The van der Waals surface area contributed by atoms with Gasteiger partial charge in [-0.2, -0.15) is 0 Å². The van der Waals surface area contributed by atoms with Gasteiger partial charge in [0.05, 0.1) is 36.9 Å². The van der Waals surface area contributed by atoms with E-state index in [0.717, 1.165) is 34.7 Å². The number of rotatable bonds is 4. The third-order valence-corrected chi connectivity index (χ3v) is 5.73. The van der Waals surface area contributed by atoms with Crippen molar-refractivity contribution < 1.29 is 19.4 Å². The Balaban J connectivity index is 1.85. The molecule has 1 aliphatic heterocycles. The fourth-order valence-electron chi connectivity index (χ4n) is 4.16. The quantitative estimate of drug-likeness (QED) is 0.816. The van der Waals surface area contributed by atoms with E-state index in [0.29, 0.717) is 5.02 Å². The largest absolute Gasteiger partial charge is 0.545 e. The van der Waals surface area contributed by atoms with E-state index in [-0.39, 0.29) is 23.4 Å². The molecule has 0 spiro atoms. The summed E-state index contributed by atoms with van der Waals surface area (Å²) in [6, 6.07) is 8.78. The molecule has 0 radical (unpaired) electrons. The Labute approximate surface area is 162 Å². The molecule has 2 aliphatic rings. The zero-order valence-corrected chi connectivity index (χ0v) is 15.7. The molecule has 140 valence electrons. The molecule has 0 unspecified atom stereocenters. The van der Waals surface area contributed by atoms with E-state index in [2.05, 4.69) is 17.5 Å². The summed E-state index contributed by atoms with van der Waals surface area (Å²) in [7, 11) is 3.28. The fraction of sp³-hybridized carbons (Fsp3) is 0.286. The van der Waals surface area contributed by atoms with Crippen LogP contribution in [0.15, 0.2) is 42.5 Å². The number of carboxylic acid groups (broad SMARTS) is 1. The maximum atomic E-state index is 11.3. The number of benzene rings is 2. The van der Waals surface area contributed by atoms with Crippen LogP contribution in [-0.4, -0.2) is 20.2 Å². The zero-order chi connectivity index (χ0) is 19.1. The minimum Gasteiger partial charge on any atom is -0.545 e. The van der Waals surface area contributed by atoms with Crippen molar-refractivity contribution in [3.05, 3.63) is 64.2 Å². The van der Waals surface area contributed by atoms with Gasteiger partial charge < -0.3 is 24.7 Å². The maximum absolute atomic E-state index is 11.3. The molecule has 0 aromatic heterocycles. The summed E-state index contributed by atoms with van der Waals surface area (Å²) in [4.78, 5) is 11.3. The lowest BCUT2D eigenvalue weighted by molar-refractivity contribution is -0.255. The van der Waals surface area contributed by atoms with Gasteiger partial charge in [-0.05, 0) is 53.8 Å². The molecule has 4 rings (SSSR count). The van der Waals surface area contributed by atoms with Gasteiger partial charge in [-0.3, -0.25) is 0 Å². The van der Waals surface area contributed by atoms with Gasteiger partial charge in [0.1, 0.15) is 11.5 Å². The summed E-state index contributed by atoms with van der Waals surface area (Å²) in [5, 5.41) is 15.2. The number of methoxy groups -OCH3 is 2. The van der Waals surface area contributed by atoms with Gasteiger partial charge in [0.15, 0.2) is 0 Å². The van der Waals surface area contributed by atoms with Gasteiger partial charge in [-0.1, -0.05) is 23.8 Å². The summed E-state index contributed by atoms with van der Waals surface area (Å²) in [6.45, 7) is 0. The number of fused-ring (bicyclic) bond motifs is 3. The molecule has 0 saturated carbocycles. The van der Waals surface area contributed by atoms with Crippen molar-refractivity contribution in [2.24, 2.45) is 5.92 Å². The van der Waals surface area contributed by atoms with Crippen molar-refractivity contribution in [3.63, 3.8) is 0 Å². The van der Waals surface area contributed by atoms with E-state index in [1.54, 1.807) is 20.3 Å². The van der Waals surface area contributed by atoms with Crippen LogP contribution in [0, 0.1) is 5.92 Å². The molecule has 3 atom stereocenters. The number of halogens is 1. The SMILES string of the molecule is COc1ccc(OC)c([C@@H]2Nc3c(Cl)cc(C(=O)[O-])cc3[C@@H]3C=CC[C@@H]32)c1. The lowest BCUT2D eigenvalue weighted by Crippen LogP contribution is -2.30. The number of ether oxygens (including phenoxy) is 2. The number of hydrogen-bond donors (Lipinski definition) is 1. The van der Waals surface area contributed by atoms with Crippen LogP contribution in [-0.2, 0) is 0 Å². The molecule has 1 N–H and O–H groups in total. The second-order valence-electron chi connectivity index (χ2n) is 6.79. The van der Waals surface area contributed by atoms with Crippen molar-refractivity contribution in [3.8, 4) is 11.5 Å². The van der Waals surface area contributed by atoms with Crippen LogP contribution < -0.4 is 19.9 Å². The Hall–Kier alpha value is -2.66. The summed E-state index contributed by atoms with van der Waals surface area (Å²) in [5.41, 5.74) is 2.72. The molecular formula is C21H19ClNO4-. The first-order valence-corrected chi connectivity index (χ1v) is 9.11. The van der Waals surface area contributed by atoms with Crippen LogP contribution in [0.3, 0.4) is 0 Å². The van der Waals surface area contributed by atoms with Gasteiger partial charge in [0, 0.05) is 11.5 Å². The van der Waals surface area contributed by atoms with Crippen molar-refractivity contribution in [1.29, 1.82) is 0 Å². The van der Waals surface area contributed by atoms with Gasteiger partial charge in [-0.25, -0.2) is 0 Å². The summed E-state index contributed by atoms with van der Waals surface area (Å²) in [5.74, 6) is 0.574. The van der Waals surface area contributed by atoms with E-state index < -0.39 is 5.97 Å². The number of nitrogens with one attached hydrogen (secondary N) is 1. The Kier molecular flexibility index (Phi) is 4.48. The van der Waals surface area contributed by atoms with Crippen molar-refractivity contribution in [2.45, 2.75) is 18.4 Å². The number of carbonyl (C=O) groups is 1. The summed E-state index contributed by atoms with van der Waals surface area (Å²) in [6.07, 6.45) is 5.13. The highest BCUT2D eigenvalue weighted by Gasteiger charge is 2.40. The van der Waals surface area contributed by atoms with Crippen LogP contribution in [0.4, 0.5) is 5.69 Å². The molecule has 0 saturated heterocycles. The minimum absolute atomic E-state index is 0.0474. The Morgan fingerprint density at radius 2 is 2.00 bits per heavy atom. The fourth-order valence-corrected chi connectivity index (χ4v) is 4.44. The normalized spacial score (nSPS) is 22.6. The molecule has 1 aliphatic carbocycles. The zero-order valence-electron chi connectivity index (χ0n) is 15.0. The molecule has 1 heterocycles. The van der Waals surface area contributed by atoms with E-state index >= 15 is 0 Å². The van der Waals surface area contributed by atoms with Crippen LogP contribution in [0.5, 0.6) is 11.5 Å². The molecular weight excluding hydrogens is 366 g/mol. The lowest BCUT2D eigenvalue weighted by atomic mass is 9.76. The number of hydrogen-bond acceptors (Lipinski definition) is 5. The molecule has 2 aromatic carbocycles. The lowest BCUT2D eigenvalue weighted by Gasteiger charge is -2.38. The molecule has 0 fully saturated rings. The first-order valence-electron chi connectivity index (χ1n) is 8.73. The number of carboxylic acids is 1. The minimum atomic E-state index is -1.23. The third-order valence-electron chi connectivity index (χ3n) is 5.43. The topological polar surface area (TPSA) is 70.6 Å². The van der Waals surface area contributed by atoms with Crippen LogP contribution in [0.2, 0.25) is 5.02 Å². The van der Waals surface area contributed by atoms with Gasteiger partial charge in [0.2, 0.25) is 0 Å². The van der Waals surface area contributed by atoms with Crippen molar-refractivity contribution in [1.82, 2.24) is 0 Å². The Morgan fingerprint density at radius 3 is 2.70 bits per heavy atom. The highest BCUT2D eigenvalue weighted by Crippen LogP contribution is 2.53. The average Bonchev–Trinajstić information content (AvgIpc) is 3.17. The number of aromatic carboxylic acids is 1. The monoisotopic (exact) mass is 384 g/mol. The predicted molar refractivity (Wildman–Crippen MR) is 102 cm³/mol. The molecule has 2 aromatic rings. The van der Waals surface area contributed by atoms with E-state index in [1.165, 1.54) is 6.07 Å². The van der Waals surface area contributed by atoms with Gasteiger partial charge in [-0.15, -0.1) is 0 Å². The van der Waals surface area contributed by atoms with Crippen LogP contribution in [0.1, 0.15) is 39.9 Å². The number of anilines is 1. The number of allylic oxidation sites excluding steroid dienone is 2. The first kappa shape index (κ1) is 17.7. The molecule has 0 bridgehead atoms. The predicted octanol–water partition coefficient (Wildman–Crippen LogP) is 3.55.